The van der Waals surface area contributed by atoms with E-state index in [0.29, 0.717) is 22.1 Å². The Bertz CT molecular complexity index is 1220. The zero-order valence-electron chi connectivity index (χ0n) is 17.8. The van der Waals surface area contributed by atoms with Gasteiger partial charge in [0.2, 0.25) is 6.10 Å². The van der Waals surface area contributed by atoms with Crippen molar-refractivity contribution in [2.75, 3.05) is 18.5 Å². The van der Waals surface area contributed by atoms with Crippen molar-refractivity contribution in [1.82, 2.24) is 10.9 Å². The number of benzene rings is 1. The van der Waals surface area contributed by atoms with E-state index in [1.54, 1.807) is 43.3 Å². The van der Waals surface area contributed by atoms with Crippen LogP contribution in [0.2, 0.25) is 0 Å². The molecule has 1 atom stereocenters. The lowest BCUT2D eigenvalue weighted by atomic mass is 10.2. The number of thiophene rings is 1. The van der Waals surface area contributed by atoms with Gasteiger partial charge in [-0.3, -0.25) is 25.2 Å². The molecule has 34 heavy (non-hydrogen) atoms. The summed E-state index contributed by atoms with van der Waals surface area (Å²) in [6, 6.07) is 11.6. The van der Waals surface area contributed by atoms with Crippen LogP contribution in [0.5, 0.6) is 11.5 Å². The van der Waals surface area contributed by atoms with E-state index in [4.69, 9.17) is 18.6 Å². The van der Waals surface area contributed by atoms with Crippen molar-refractivity contribution in [3.05, 3.63) is 64.9 Å². The Balaban J connectivity index is 1.22. The molecule has 3 aromatic rings. The van der Waals surface area contributed by atoms with Gasteiger partial charge in [-0.15, -0.1) is 11.3 Å². The predicted molar refractivity (Wildman–Crippen MR) is 119 cm³/mol. The molecule has 0 radical (unpaired) electrons. The molecule has 1 aliphatic heterocycles. The molecule has 4 rings (SSSR count). The van der Waals surface area contributed by atoms with Gasteiger partial charge >= 0.3 is 5.97 Å². The second-order valence-corrected chi connectivity index (χ2v) is 8.08. The number of rotatable bonds is 6. The van der Waals surface area contributed by atoms with Crippen LogP contribution in [0, 0.1) is 6.92 Å². The molecule has 3 heterocycles. The Morgan fingerprint density at radius 3 is 2.65 bits per heavy atom. The van der Waals surface area contributed by atoms with Crippen molar-refractivity contribution >= 4 is 40.0 Å². The summed E-state index contributed by atoms with van der Waals surface area (Å²) < 4.78 is 21.0. The Morgan fingerprint density at radius 1 is 1.09 bits per heavy atom. The molecule has 1 aromatic carbocycles. The summed E-state index contributed by atoms with van der Waals surface area (Å²) in [4.78, 5) is 48.8. The molecule has 0 spiro atoms. The minimum Gasteiger partial charge on any atom is -0.485 e. The van der Waals surface area contributed by atoms with Crippen LogP contribution in [0.1, 0.15) is 25.8 Å². The standard InChI is InChI=1S/C22H19N3O8S/c1-12-9-18(23-20(27)15-7-4-8-30-15)34-19(12)22(29)32-11-17(26)24-25-21(28)16-10-31-13-5-2-3-6-14(13)33-16/h2-9,16H,10-11H2,1H3,(H,23,27)(H,24,26)(H,25,28). The highest BCUT2D eigenvalue weighted by molar-refractivity contribution is 7.18. The van der Waals surface area contributed by atoms with Gasteiger partial charge < -0.3 is 23.9 Å². The van der Waals surface area contributed by atoms with Crippen molar-refractivity contribution in [3.63, 3.8) is 0 Å². The summed E-state index contributed by atoms with van der Waals surface area (Å²) in [6.07, 6.45) is 0.418. The van der Waals surface area contributed by atoms with Crippen molar-refractivity contribution in [1.29, 1.82) is 0 Å². The first-order valence-electron chi connectivity index (χ1n) is 10.0. The van der Waals surface area contributed by atoms with Crippen LogP contribution in [0.15, 0.2) is 53.1 Å². The lowest BCUT2D eigenvalue weighted by Crippen LogP contribution is -2.51. The minimum absolute atomic E-state index is 0.0237. The van der Waals surface area contributed by atoms with Crippen molar-refractivity contribution in [3.8, 4) is 11.5 Å². The summed E-state index contributed by atoms with van der Waals surface area (Å²) in [5.41, 5.74) is 4.93. The van der Waals surface area contributed by atoms with E-state index < -0.39 is 36.4 Å². The van der Waals surface area contributed by atoms with Gasteiger partial charge in [-0.05, 0) is 42.8 Å². The molecule has 3 amide bonds. The van der Waals surface area contributed by atoms with E-state index >= 15 is 0 Å². The molecule has 176 valence electrons. The average Bonchev–Trinajstić information content (AvgIpc) is 3.50. The quantitative estimate of drug-likeness (QED) is 0.355. The van der Waals surface area contributed by atoms with Gasteiger partial charge in [0.1, 0.15) is 11.5 Å². The average molecular weight is 485 g/mol. The van der Waals surface area contributed by atoms with Crippen molar-refractivity contribution < 1.29 is 37.8 Å². The van der Waals surface area contributed by atoms with Crippen LogP contribution in [0.4, 0.5) is 5.00 Å². The second-order valence-electron chi connectivity index (χ2n) is 7.03. The maximum atomic E-state index is 12.4. The number of carbonyl (C=O) groups is 4. The lowest BCUT2D eigenvalue weighted by Gasteiger charge is -2.25. The highest BCUT2D eigenvalue weighted by Gasteiger charge is 2.27. The lowest BCUT2D eigenvalue weighted by molar-refractivity contribution is -0.135. The summed E-state index contributed by atoms with van der Waals surface area (Å²) in [5.74, 6) is -1.52. The van der Waals surface area contributed by atoms with E-state index in [9.17, 15) is 19.2 Å². The van der Waals surface area contributed by atoms with Gasteiger partial charge in [-0.1, -0.05) is 12.1 Å². The number of anilines is 1. The SMILES string of the molecule is Cc1cc(NC(=O)c2ccco2)sc1C(=O)OCC(=O)NNC(=O)C1COc2ccccc2O1. The van der Waals surface area contributed by atoms with E-state index in [-0.39, 0.29) is 17.2 Å². The van der Waals surface area contributed by atoms with Crippen LogP contribution in [0.3, 0.4) is 0 Å². The van der Waals surface area contributed by atoms with E-state index in [1.807, 2.05) is 0 Å². The Kier molecular flexibility index (Phi) is 6.78. The number of furan rings is 1. The molecule has 12 heteroatoms. The fraction of sp³-hybridized carbons (Fsp3) is 0.182. The molecule has 0 fully saturated rings. The predicted octanol–water partition coefficient (Wildman–Crippen LogP) is 2.05. The number of hydrogen-bond donors (Lipinski definition) is 3. The molecule has 11 nitrogen and oxygen atoms in total. The third kappa shape index (κ3) is 5.35. The number of para-hydroxylation sites is 2. The Labute approximate surface area is 197 Å². The third-order valence-electron chi connectivity index (χ3n) is 4.55. The summed E-state index contributed by atoms with van der Waals surface area (Å²) >= 11 is 0.996. The van der Waals surface area contributed by atoms with E-state index in [1.165, 1.54) is 12.3 Å². The normalized spacial score (nSPS) is 14.1. The monoisotopic (exact) mass is 485 g/mol. The van der Waals surface area contributed by atoms with Crippen LogP contribution in [0.25, 0.3) is 0 Å². The summed E-state index contributed by atoms with van der Waals surface area (Å²) in [5, 5.41) is 3.04. The first kappa shape index (κ1) is 22.9. The van der Waals surface area contributed by atoms with Crippen LogP contribution >= 0.6 is 11.3 Å². The Morgan fingerprint density at radius 2 is 1.88 bits per heavy atom. The minimum atomic E-state index is -0.957. The number of fused-ring (bicyclic) bond motifs is 1. The topological polar surface area (TPSA) is 145 Å². The van der Waals surface area contributed by atoms with Crippen molar-refractivity contribution in [2.45, 2.75) is 13.0 Å². The summed E-state index contributed by atoms with van der Waals surface area (Å²) in [7, 11) is 0. The van der Waals surface area contributed by atoms with Crippen LogP contribution < -0.4 is 25.6 Å². The fourth-order valence-electron chi connectivity index (χ4n) is 2.92. The molecule has 0 saturated carbocycles. The smallest absolute Gasteiger partial charge is 0.349 e. The highest BCUT2D eigenvalue weighted by atomic mass is 32.1. The number of nitrogens with one attached hydrogen (secondary N) is 3. The first-order valence-corrected chi connectivity index (χ1v) is 10.8. The van der Waals surface area contributed by atoms with Gasteiger partial charge in [-0.25, -0.2) is 4.79 Å². The molecule has 0 aliphatic carbocycles. The largest absolute Gasteiger partial charge is 0.485 e. The molecule has 1 unspecified atom stereocenters. The zero-order chi connectivity index (χ0) is 24.1. The number of ether oxygens (including phenoxy) is 3. The maximum Gasteiger partial charge on any atom is 0.349 e. The van der Waals surface area contributed by atoms with Crippen LogP contribution in [-0.2, 0) is 14.3 Å². The van der Waals surface area contributed by atoms with E-state index in [0.717, 1.165) is 11.3 Å². The van der Waals surface area contributed by atoms with Gasteiger partial charge in [0.05, 0.1) is 11.3 Å². The number of carbonyl (C=O) groups excluding carboxylic acids is 4. The van der Waals surface area contributed by atoms with Crippen LogP contribution in [-0.4, -0.2) is 43.0 Å². The maximum absolute atomic E-state index is 12.4. The molecule has 2 aromatic heterocycles. The number of aryl methyl sites for hydroxylation is 1. The summed E-state index contributed by atoms with van der Waals surface area (Å²) in [6.45, 7) is 1.01. The molecular formula is C22H19N3O8S. The number of amides is 3. The molecule has 1 aliphatic rings. The second kappa shape index (κ2) is 10.1. The molecular weight excluding hydrogens is 466 g/mol. The number of esters is 1. The van der Waals surface area contributed by atoms with Gasteiger partial charge in [-0.2, -0.15) is 0 Å². The fourth-order valence-corrected chi connectivity index (χ4v) is 3.88. The third-order valence-corrected chi connectivity index (χ3v) is 5.68. The number of hydrazine groups is 1. The highest BCUT2D eigenvalue weighted by Crippen LogP contribution is 2.31. The molecule has 0 saturated heterocycles. The van der Waals surface area contributed by atoms with Gasteiger partial charge in [0.15, 0.2) is 23.9 Å². The van der Waals surface area contributed by atoms with Gasteiger partial charge in [0, 0.05) is 0 Å². The van der Waals surface area contributed by atoms with Crippen molar-refractivity contribution in [2.24, 2.45) is 0 Å². The van der Waals surface area contributed by atoms with Gasteiger partial charge in [0.25, 0.3) is 17.7 Å². The molecule has 0 bridgehead atoms. The number of hydrogen-bond acceptors (Lipinski definition) is 9. The Hall–Kier alpha value is -4.32. The van der Waals surface area contributed by atoms with E-state index in [2.05, 4.69) is 16.2 Å². The zero-order valence-corrected chi connectivity index (χ0v) is 18.6. The molecule has 3 N–H and O–H groups in total. The first-order chi connectivity index (χ1) is 16.4.